The molecular weight excluding hydrogens is 448 g/mol. The first kappa shape index (κ1) is 21.9. The van der Waals surface area contributed by atoms with Crippen molar-refractivity contribution >= 4 is 50.5 Å². The van der Waals surface area contributed by atoms with Gasteiger partial charge in [-0.25, -0.2) is 9.79 Å². The highest BCUT2D eigenvalue weighted by atomic mass is 79.9. The topological polar surface area (TPSA) is 55.3 Å². The molecule has 0 atom stereocenters. The summed E-state index contributed by atoms with van der Waals surface area (Å²) in [4.78, 5) is 18.7. The van der Waals surface area contributed by atoms with Gasteiger partial charge in [0.05, 0.1) is 17.0 Å². The molecule has 1 aromatic carbocycles. The Morgan fingerprint density at radius 3 is 2.62 bits per heavy atom. The predicted molar refractivity (Wildman–Crippen MR) is 125 cm³/mol. The molecule has 1 aliphatic rings. The number of carbonyl (C=O) groups is 1. The van der Waals surface area contributed by atoms with Crippen molar-refractivity contribution in [2.45, 2.75) is 52.1 Å². The normalized spacial score (nSPS) is 17.9. The molecule has 29 heavy (non-hydrogen) atoms. The van der Waals surface area contributed by atoms with Crippen LogP contribution in [0.3, 0.4) is 0 Å². The molecular formula is C23H28BrN2O2S+. The van der Waals surface area contributed by atoms with E-state index in [0.29, 0.717) is 17.2 Å². The Morgan fingerprint density at radius 1 is 1.28 bits per heavy atom. The van der Waals surface area contributed by atoms with Crippen molar-refractivity contribution < 1.29 is 14.8 Å². The Balaban J connectivity index is 2.04. The van der Waals surface area contributed by atoms with Crippen LogP contribution in [0.2, 0.25) is 0 Å². The summed E-state index contributed by atoms with van der Waals surface area (Å²) in [5.41, 5.74) is 2.68. The number of aliphatic imine (C=N–C) groups is 1. The van der Waals surface area contributed by atoms with Gasteiger partial charge in [-0.05, 0) is 67.8 Å². The molecule has 2 aromatic rings. The molecule has 1 aromatic heterocycles. The average Bonchev–Trinajstić information content (AvgIpc) is 2.98. The van der Waals surface area contributed by atoms with Gasteiger partial charge in [0, 0.05) is 17.1 Å². The monoisotopic (exact) mass is 475 g/mol. The molecule has 2 N–H and O–H groups in total. The van der Waals surface area contributed by atoms with Crippen LogP contribution >= 0.6 is 27.3 Å². The first-order valence-electron chi connectivity index (χ1n) is 9.79. The van der Waals surface area contributed by atoms with Crippen molar-refractivity contribution in [3.05, 3.63) is 56.4 Å². The van der Waals surface area contributed by atoms with Crippen LogP contribution in [0.4, 0.5) is 5.00 Å². The summed E-state index contributed by atoms with van der Waals surface area (Å²) in [6, 6.07) is 10.0. The number of fused-ring (bicyclic) bond motifs is 1. The number of thiophene rings is 1. The van der Waals surface area contributed by atoms with E-state index in [9.17, 15) is 4.79 Å². The molecule has 0 aliphatic carbocycles. The third-order valence-corrected chi connectivity index (χ3v) is 6.76. The lowest BCUT2D eigenvalue weighted by Crippen LogP contribution is -3.03. The van der Waals surface area contributed by atoms with E-state index in [-0.39, 0.29) is 17.0 Å². The van der Waals surface area contributed by atoms with Gasteiger partial charge in [0.15, 0.2) is 0 Å². The van der Waals surface area contributed by atoms with Crippen LogP contribution in [0.1, 0.15) is 61.0 Å². The second kappa shape index (κ2) is 8.54. The minimum absolute atomic E-state index is 0.00754. The lowest BCUT2D eigenvalue weighted by molar-refractivity contribution is -0.789. The van der Waals surface area contributed by atoms with Crippen LogP contribution in [0.25, 0.3) is 6.08 Å². The standard InChI is InChI=1S/C23H27BrN2O2S/c1-6-28-21(27)18-17-13-22(2,3)26-23(4,5)19(17)29-20(18)25-14-16(24)12-15-10-8-7-9-11-15/h7-12,14,26H,6,13H2,1-5H3/p+1/b16-12-,25-14?. The number of nitrogens with two attached hydrogens (primary N) is 1. The van der Waals surface area contributed by atoms with Crippen molar-refractivity contribution in [3.8, 4) is 0 Å². The zero-order chi connectivity index (χ0) is 21.2. The fourth-order valence-corrected chi connectivity index (χ4v) is 5.65. The minimum Gasteiger partial charge on any atom is -0.462 e. The highest BCUT2D eigenvalue weighted by Gasteiger charge is 2.45. The van der Waals surface area contributed by atoms with E-state index in [1.807, 2.05) is 43.3 Å². The summed E-state index contributed by atoms with van der Waals surface area (Å²) in [6.45, 7) is 11.0. The SMILES string of the molecule is CCOC(=O)c1c(N=C/C(Br)=C/c2ccccc2)sc2c1CC(C)(C)[NH2+]C2(C)C. The van der Waals surface area contributed by atoms with Crippen molar-refractivity contribution in [2.24, 2.45) is 4.99 Å². The van der Waals surface area contributed by atoms with Gasteiger partial charge in [0.1, 0.15) is 16.1 Å². The van der Waals surface area contributed by atoms with Crippen LogP contribution in [-0.2, 0) is 16.7 Å². The van der Waals surface area contributed by atoms with Crippen LogP contribution in [-0.4, -0.2) is 24.3 Å². The van der Waals surface area contributed by atoms with Crippen LogP contribution in [0.15, 0.2) is 39.8 Å². The molecule has 0 fully saturated rings. The first-order valence-corrected chi connectivity index (χ1v) is 11.4. The maximum atomic E-state index is 12.8. The van der Waals surface area contributed by atoms with Crippen molar-refractivity contribution in [3.63, 3.8) is 0 Å². The van der Waals surface area contributed by atoms with Gasteiger partial charge >= 0.3 is 5.97 Å². The summed E-state index contributed by atoms with van der Waals surface area (Å²) in [7, 11) is 0. The number of nitrogens with zero attached hydrogens (tertiary/aromatic N) is 1. The maximum Gasteiger partial charge on any atom is 0.341 e. The molecule has 0 saturated carbocycles. The second-order valence-corrected chi connectivity index (χ2v) is 10.5. The summed E-state index contributed by atoms with van der Waals surface area (Å²) >= 11 is 5.16. The van der Waals surface area contributed by atoms with Gasteiger partial charge in [-0.15, -0.1) is 11.3 Å². The Hall–Kier alpha value is -1.76. The van der Waals surface area contributed by atoms with Crippen molar-refractivity contribution in [1.82, 2.24) is 0 Å². The number of rotatable bonds is 5. The van der Waals surface area contributed by atoms with Gasteiger partial charge in [-0.2, -0.15) is 0 Å². The van der Waals surface area contributed by atoms with Crippen LogP contribution < -0.4 is 5.32 Å². The quantitative estimate of drug-likeness (QED) is 0.477. The molecule has 3 rings (SSSR count). The lowest BCUT2D eigenvalue weighted by atomic mass is 9.81. The molecule has 2 heterocycles. The Bertz CT molecular complexity index is 959. The van der Waals surface area contributed by atoms with Gasteiger partial charge in [0.25, 0.3) is 0 Å². The van der Waals surface area contributed by atoms with E-state index in [2.05, 4.69) is 53.9 Å². The summed E-state index contributed by atoms with van der Waals surface area (Å²) in [5.74, 6) is -0.284. The lowest BCUT2D eigenvalue weighted by Gasteiger charge is -2.38. The smallest absolute Gasteiger partial charge is 0.341 e. The number of esters is 1. The first-order chi connectivity index (χ1) is 13.6. The Kier molecular flexibility index (Phi) is 6.46. The fourth-order valence-electron chi connectivity index (χ4n) is 4.06. The Labute approximate surface area is 185 Å². The highest BCUT2D eigenvalue weighted by Crippen LogP contribution is 2.43. The molecule has 4 nitrogen and oxygen atoms in total. The zero-order valence-electron chi connectivity index (χ0n) is 17.6. The van der Waals surface area contributed by atoms with Crippen LogP contribution in [0, 0.1) is 0 Å². The number of halogens is 1. The Morgan fingerprint density at radius 2 is 1.97 bits per heavy atom. The number of ether oxygens (including phenoxy) is 1. The number of quaternary nitrogens is 1. The molecule has 0 amide bonds. The van der Waals surface area contributed by atoms with Crippen molar-refractivity contribution in [1.29, 1.82) is 0 Å². The summed E-state index contributed by atoms with van der Waals surface area (Å²) in [6.07, 6.45) is 4.57. The predicted octanol–water partition coefficient (Wildman–Crippen LogP) is 5.20. The number of hydrogen-bond donors (Lipinski definition) is 1. The number of carbonyl (C=O) groups excluding carboxylic acids is 1. The number of allylic oxidation sites excluding steroid dienone is 1. The highest BCUT2D eigenvalue weighted by molar-refractivity contribution is 9.12. The minimum atomic E-state index is -0.284. The van der Waals surface area contributed by atoms with E-state index in [1.54, 1.807) is 17.6 Å². The molecule has 0 spiro atoms. The summed E-state index contributed by atoms with van der Waals surface area (Å²) in [5, 5.41) is 3.10. The molecule has 0 bridgehead atoms. The average molecular weight is 476 g/mol. The van der Waals surface area contributed by atoms with Gasteiger partial charge in [-0.3, -0.25) is 0 Å². The van der Waals surface area contributed by atoms with Gasteiger partial charge in [0.2, 0.25) is 0 Å². The maximum absolute atomic E-state index is 12.8. The second-order valence-electron chi connectivity index (χ2n) is 8.54. The van der Waals surface area contributed by atoms with Crippen molar-refractivity contribution in [2.75, 3.05) is 6.61 Å². The largest absolute Gasteiger partial charge is 0.462 e. The molecule has 1 aliphatic heterocycles. The fraction of sp³-hybridized carbons (Fsp3) is 0.391. The van der Waals surface area contributed by atoms with Crippen LogP contribution in [0.5, 0.6) is 0 Å². The molecule has 0 saturated heterocycles. The molecule has 154 valence electrons. The van der Waals surface area contributed by atoms with E-state index >= 15 is 0 Å². The third-order valence-electron chi connectivity index (χ3n) is 4.85. The van der Waals surface area contributed by atoms with E-state index < -0.39 is 0 Å². The van der Waals surface area contributed by atoms with E-state index in [0.717, 1.165) is 22.0 Å². The zero-order valence-corrected chi connectivity index (χ0v) is 20.0. The summed E-state index contributed by atoms with van der Waals surface area (Å²) < 4.78 is 6.23. The van der Waals surface area contributed by atoms with Gasteiger partial charge in [-0.1, -0.05) is 30.3 Å². The third kappa shape index (κ3) is 5.05. The van der Waals surface area contributed by atoms with E-state index in [4.69, 9.17) is 4.74 Å². The van der Waals surface area contributed by atoms with Gasteiger partial charge < -0.3 is 10.1 Å². The number of hydrogen-bond acceptors (Lipinski definition) is 4. The van der Waals surface area contributed by atoms with E-state index in [1.165, 1.54) is 4.88 Å². The molecule has 0 radical (unpaired) electrons. The molecule has 0 unspecified atom stereocenters. The molecule has 6 heteroatoms. The number of benzene rings is 1.